The number of nitrogens with zero attached hydrogens (tertiary/aromatic N) is 2. The van der Waals surface area contributed by atoms with Crippen molar-refractivity contribution < 1.29 is 9.47 Å². The molecule has 208 valence electrons. The summed E-state index contributed by atoms with van der Waals surface area (Å²) in [6.07, 6.45) is 3.65. The zero-order valence-corrected chi connectivity index (χ0v) is 24.5. The normalized spacial score (nSPS) is 15.9. The molecule has 1 aromatic heterocycles. The number of ether oxygens (including phenoxy) is 2. The molecule has 0 spiro atoms. The summed E-state index contributed by atoms with van der Waals surface area (Å²) < 4.78 is 14.3. The van der Waals surface area contributed by atoms with E-state index >= 15 is 0 Å². The van der Waals surface area contributed by atoms with Crippen LogP contribution in [0.4, 0.5) is 0 Å². The highest BCUT2D eigenvalue weighted by molar-refractivity contribution is 7.07. The summed E-state index contributed by atoms with van der Waals surface area (Å²) in [6.45, 7) is 0.358. The Kier molecular flexibility index (Phi) is 7.02. The minimum absolute atomic E-state index is 0.0672. The van der Waals surface area contributed by atoms with Gasteiger partial charge in [-0.25, -0.2) is 4.99 Å². The molecule has 0 amide bonds. The maximum absolute atomic E-state index is 14.1. The third-order valence-corrected chi connectivity index (χ3v) is 9.17. The summed E-state index contributed by atoms with van der Waals surface area (Å²) in [4.78, 5) is 19.9. The van der Waals surface area contributed by atoms with E-state index < -0.39 is 0 Å². The molecule has 0 fully saturated rings. The highest BCUT2D eigenvalue weighted by atomic mass is 35.5. The van der Waals surface area contributed by atoms with Gasteiger partial charge in [0.1, 0.15) is 18.1 Å². The van der Waals surface area contributed by atoms with Crippen molar-refractivity contribution in [3.8, 4) is 11.5 Å². The fraction of sp³-hybridized carbons (Fsp3) is 0.143. The molecule has 0 saturated carbocycles. The van der Waals surface area contributed by atoms with E-state index in [0.717, 1.165) is 52.1 Å². The highest BCUT2D eigenvalue weighted by Crippen LogP contribution is 2.43. The SMILES string of the molecule is COc1ccccc1[C@H]1C2=C(N=c3s/c(=C\c4cccc(OCc5ccccc5Cl)c4)c(=O)n31)c1ccccc1CC2. The Hall–Kier alpha value is -4.39. The largest absolute Gasteiger partial charge is 0.496 e. The molecule has 0 N–H and O–H groups in total. The number of thiazole rings is 1. The molecule has 1 aliphatic heterocycles. The van der Waals surface area contributed by atoms with Crippen LogP contribution in [-0.4, -0.2) is 11.7 Å². The number of hydrogen-bond donors (Lipinski definition) is 0. The molecular formula is C35H27ClN2O3S. The number of methoxy groups -OCH3 is 1. The predicted octanol–water partition coefficient (Wildman–Crippen LogP) is 6.56. The molecule has 7 heteroatoms. The maximum Gasteiger partial charge on any atom is 0.271 e. The first-order valence-electron chi connectivity index (χ1n) is 13.8. The predicted molar refractivity (Wildman–Crippen MR) is 168 cm³/mol. The zero-order valence-electron chi connectivity index (χ0n) is 22.9. The van der Waals surface area contributed by atoms with E-state index in [-0.39, 0.29) is 11.6 Å². The highest BCUT2D eigenvalue weighted by Gasteiger charge is 2.33. The topological polar surface area (TPSA) is 52.8 Å². The molecule has 0 bridgehead atoms. The van der Waals surface area contributed by atoms with Crippen molar-refractivity contribution in [2.45, 2.75) is 25.5 Å². The second-order valence-corrected chi connectivity index (χ2v) is 11.7. The molecule has 42 heavy (non-hydrogen) atoms. The number of rotatable bonds is 6. The fourth-order valence-electron chi connectivity index (χ4n) is 5.81. The van der Waals surface area contributed by atoms with Crippen LogP contribution in [0.3, 0.4) is 0 Å². The molecule has 7 rings (SSSR count). The average Bonchev–Trinajstić information content (AvgIpc) is 3.33. The fourth-order valence-corrected chi connectivity index (χ4v) is 7.00. The van der Waals surface area contributed by atoms with Crippen LogP contribution in [0.15, 0.2) is 112 Å². The van der Waals surface area contributed by atoms with Crippen molar-refractivity contribution in [2.75, 3.05) is 7.11 Å². The Balaban J connectivity index is 1.34. The molecule has 5 aromatic rings. The standard InChI is InChI=1S/C35H27ClN2O3S/c1-40-30-16-7-5-14-27(30)33-28-18-17-23-10-2-4-13-26(23)32(28)37-35-38(33)34(39)31(42-35)20-22-9-8-12-25(19-22)41-21-24-11-3-6-15-29(24)36/h2-16,19-20,33H,17-18,21H2,1H3/b31-20-/t33-/m0/s1. The van der Waals surface area contributed by atoms with Crippen LogP contribution < -0.4 is 24.4 Å². The van der Waals surface area contributed by atoms with Crippen molar-refractivity contribution in [1.82, 2.24) is 4.57 Å². The summed E-state index contributed by atoms with van der Waals surface area (Å²) >= 11 is 7.71. The number of halogens is 1. The summed E-state index contributed by atoms with van der Waals surface area (Å²) in [5.41, 5.74) is 7.22. The number of aryl methyl sites for hydroxylation is 1. The Morgan fingerprint density at radius 1 is 0.976 bits per heavy atom. The molecular weight excluding hydrogens is 564 g/mol. The molecule has 0 radical (unpaired) electrons. The van der Waals surface area contributed by atoms with Gasteiger partial charge in [0.05, 0.1) is 23.4 Å². The number of fused-ring (bicyclic) bond motifs is 3. The number of allylic oxidation sites excluding steroid dienone is 1. The lowest BCUT2D eigenvalue weighted by Crippen LogP contribution is -2.39. The van der Waals surface area contributed by atoms with Crippen LogP contribution >= 0.6 is 22.9 Å². The summed E-state index contributed by atoms with van der Waals surface area (Å²) in [7, 11) is 1.68. The third kappa shape index (κ3) is 4.77. The van der Waals surface area contributed by atoms with Gasteiger partial charge in [-0.3, -0.25) is 9.36 Å². The van der Waals surface area contributed by atoms with Crippen LogP contribution in [0.2, 0.25) is 5.02 Å². The van der Waals surface area contributed by atoms with E-state index in [1.165, 1.54) is 16.9 Å². The van der Waals surface area contributed by atoms with Gasteiger partial charge in [-0.05, 0) is 59.9 Å². The van der Waals surface area contributed by atoms with Crippen molar-refractivity contribution >= 4 is 34.7 Å². The quantitative estimate of drug-likeness (QED) is 0.225. The van der Waals surface area contributed by atoms with E-state index in [1.807, 2.05) is 77.4 Å². The Labute approximate surface area is 252 Å². The monoisotopic (exact) mass is 590 g/mol. The first-order valence-corrected chi connectivity index (χ1v) is 15.0. The van der Waals surface area contributed by atoms with E-state index in [4.69, 9.17) is 26.1 Å². The van der Waals surface area contributed by atoms with Gasteiger partial charge >= 0.3 is 0 Å². The van der Waals surface area contributed by atoms with E-state index in [1.54, 1.807) is 7.11 Å². The number of benzene rings is 4. The summed E-state index contributed by atoms with van der Waals surface area (Å²) in [6, 6.07) is 31.5. The third-order valence-electron chi connectivity index (χ3n) is 7.81. The average molecular weight is 591 g/mol. The number of hydrogen-bond acceptors (Lipinski definition) is 5. The van der Waals surface area contributed by atoms with Crippen LogP contribution in [0.1, 0.15) is 40.3 Å². The van der Waals surface area contributed by atoms with Crippen molar-refractivity contribution in [3.05, 3.63) is 155 Å². The van der Waals surface area contributed by atoms with E-state index in [0.29, 0.717) is 26.7 Å². The molecule has 0 saturated heterocycles. The summed E-state index contributed by atoms with van der Waals surface area (Å²) in [5.74, 6) is 1.46. The van der Waals surface area contributed by atoms with Gasteiger partial charge in [-0.15, -0.1) is 0 Å². The van der Waals surface area contributed by atoms with Gasteiger partial charge in [0.2, 0.25) is 0 Å². The maximum atomic E-state index is 14.1. The Morgan fingerprint density at radius 2 is 1.79 bits per heavy atom. The Bertz CT molecular complexity index is 2040. The van der Waals surface area contributed by atoms with Crippen molar-refractivity contribution in [3.63, 3.8) is 0 Å². The summed E-state index contributed by atoms with van der Waals surface area (Å²) in [5, 5.41) is 0.671. The van der Waals surface area contributed by atoms with Gasteiger partial charge in [-0.2, -0.15) is 0 Å². The molecule has 5 nitrogen and oxygen atoms in total. The van der Waals surface area contributed by atoms with E-state index in [9.17, 15) is 4.79 Å². The Morgan fingerprint density at radius 3 is 2.67 bits per heavy atom. The first kappa shape index (κ1) is 26.5. The smallest absolute Gasteiger partial charge is 0.271 e. The minimum Gasteiger partial charge on any atom is -0.496 e. The van der Waals surface area contributed by atoms with Crippen LogP contribution in [0, 0.1) is 0 Å². The molecule has 1 atom stereocenters. The van der Waals surface area contributed by atoms with Gasteiger partial charge in [0, 0.05) is 21.7 Å². The molecule has 1 aliphatic carbocycles. The molecule has 0 unspecified atom stereocenters. The van der Waals surface area contributed by atoms with Gasteiger partial charge in [0.15, 0.2) is 4.80 Å². The van der Waals surface area contributed by atoms with Crippen LogP contribution in [-0.2, 0) is 13.0 Å². The van der Waals surface area contributed by atoms with Gasteiger partial charge in [-0.1, -0.05) is 95.7 Å². The number of aromatic nitrogens is 1. The lowest BCUT2D eigenvalue weighted by Gasteiger charge is -2.31. The zero-order chi connectivity index (χ0) is 28.6. The van der Waals surface area contributed by atoms with Gasteiger partial charge in [0.25, 0.3) is 5.56 Å². The van der Waals surface area contributed by atoms with E-state index in [2.05, 4.69) is 30.3 Å². The number of para-hydroxylation sites is 1. The molecule has 2 aliphatic rings. The van der Waals surface area contributed by atoms with Crippen LogP contribution in [0.25, 0.3) is 11.8 Å². The molecule has 4 aromatic carbocycles. The second-order valence-electron chi connectivity index (χ2n) is 10.3. The lowest BCUT2D eigenvalue weighted by molar-refractivity contribution is 0.306. The van der Waals surface area contributed by atoms with Crippen molar-refractivity contribution in [2.24, 2.45) is 4.99 Å². The van der Waals surface area contributed by atoms with Crippen LogP contribution in [0.5, 0.6) is 11.5 Å². The minimum atomic E-state index is -0.298. The lowest BCUT2D eigenvalue weighted by atomic mass is 9.83. The van der Waals surface area contributed by atoms with Crippen molar-refractivity contribution in [1.29, 1.82) is 0 Å². The second kappa shape index (κ2) is 11.1. The van der Waals surface area contributed by atoms with Gasteiger partial charge < -0.3 is 9.47 Å². The first-order chi connectivity index (χ1) is 20.6. The molecule has 2 heterocycles.